The van der Waals surface area contributed by atoms with E-state index in [1.165, 1.54) is 5.56 Å². The van der Waals surface area contributed by atoms with Gasteiger partial charge in [0.2, 0.25) is 0 Å². The third kappa shape index (κ3) is 4.31. The van der Waals surface area contributed by atoms with Crippen LogP contribution in [0.3, 0.4) is 0 Å². The summed E-state index contributed by atoms with van der Waals surface area (Å²) in [6.45, 7) is 7.78. The molecule has 18 heavy (non-hydrogen) atoms. The van der Waals surface area contributed by atoms with Gasteiger partial charge >= 0.3 is 0 Å². The summed E-state index contributed by atoms with van der Waals surface area (Å²) in [6.07, 6.45) is 1.12. The van der Waals surface area contributed by atoms with Gasteiger partial charge in [0.25, 0.3) is 0 Å². The van der Waals surface area contributed by atoms with Crippen LogP contribution in [0.25, 0.3) is 0 Å². The summed E-state index contributed by atoms with van der Waals surface area (Å²) in [6, 6.07) is 8.70. The molecule has 3 nitrogen and oxygen atoms in total. The van der Waals surface area contributed by atoms with Crippen LogP contribution in [0, 0.1) is 0 Å². The molecule has 102 valence electrons. The third-order valence-electron chi connectivity index (χ3n) is 3.47. The predicted molar refractivity (Wildman–Crippen MR) is 77.2 cm³/mol. The van der Waals surface area contributed by atoms with E-state index in [1.54, 1.807) is 7.11 Å². The lowest BCUT2D eigenvalue weighted by molar-refractivity contribution is 0.284. The Kier molecular flexibility index (Phi) is 6.76. The van der Waals surface area contributed by atoms with Crippen molar-refractivity contribution in [1.82, 2.24) is 10.2 Å². The van der Waals surface area contributed by atoms with Crippen LogP contribution < -0.4 is 10.1 Å². The first-order valence-corrected chi connectivity index (χ1v) is 6.78. The van der Waals surface area contributed by atoms with Gasteiger partial charge in [0.15, 0.2) is 0 Å². The standard InChI is InChI=1S/C15H26N2O/c1-5-17(6-2)11-10-15(16-3)13-8-7-9-14(12-13)18-4/h7-9,12,15-16H,5-6,10-11H2,1-4H3. The fraction of sp³-hybridized carbons (Fsp3) is 0.600. The fourth-order valence-electron chi connectivity index (χ4n) is 2.19. The van der Waals surface area contributed by atoms with E-state index in [9.17, 15) is 0 Å². The van der Waals surface area contributed by atoms with Crippen LogP contribution in [-0.2, 0) is 0 Å². The van der Waals surface area contributed by atoms with Gasteiger partial charge in [0, 0.05) is 6.04 Å². The highest BCUT2D eigenvalue weighted by molar-refractivity contribution is 5.30. The van der Waals surface area contributed by atoms with Gasteiger partial charge in [-0.05, 0) is 50.8 Å². The number of rotatable bonds is 8. The van der Waals surface area contributed by atoms with Gasteiger partial charge in [0.05, 0.1) is 7.11 Å². The van der Waals surface area contributed by atoms with Crippen LogP contribution in [0.2, 0.25) is 0 Å². The molecule has 0 aliphatic carbocycles. The minimum atomic E-state index is 0.390. The highest BCUT2D eigenvalue weighted by atomic mass is 16.5. The van der Waals surface area contributed by atoms with Crippen molar-refractivity contribution in [3.8, 4) is 5.75 Å². The molecule has 3 heteroatoms. The zero-order chi connectivity index (χ0) is 13.4. The quantitative estimate of drug-likeness (QED) is 0.767. The first-order chi connectivity index (χ1) is 8.74. The van der Waals surface area contributed by atoms with Crippen LogP contribution >= 0.6 is 0 Å². The first-order valence-electron chi connectivity index (χ1n) is 6.78. The molecule has 1 rings (SSSR count). The molecule has 0 spiro atoms. The summed E-state index contributed by atoms with van der Waals surface area (Å²) in [5.74, 6) is 0.926. The van der Waals surface area contributed by atoms with Gasteiger partial charge in [0.1, 0.15) is 5.75 Å². The van der Waals surface area contributed by atoms with Crippen molar-refractivity contribution < 1.29 is 4.74 Å². The lowest BCUT2D eigenvalue weighted by Crippen LogP contribution is -2.28. The lowest BCUT2D eigenvalue weighted by Gasteiger charge is -2.23. The summed E-state index contributed by atoms with van der Waals surface area (Å²) in [5.41, 5.74) is 1.30. The van der Waals surface area contributed by atoms with Gasteiger partial charge < -0.3 is 15.0 Å². The highest BCUT2D eigenvalue weighted by Crippen LogP contribution is 2.21. The second-order valence-electron chi connectivity index (χ2n) is 4.43. The van der Waals surface area contributed by atoms with Crippen LogP contribution in [0.15, 0.2) is 24.3 Å². The maximum absolute atomic E-state index is 5.28. The fourth-order valence-corrected chi connectivity index (χ4v) is 2.19. The molecule has 0 fully saturated rings. The molecule has 1 unspecified atom stereocenters. The smallest absolute Gasteiger partial charge is 0.119 e. The highest BCUT2D eigenvalue weighted by Gasteiger charge is 2.11. The Morgan fingerprint density at radius 3 is 2.56 bits per heavy atom. The molecule has 0 heterocycles. The van der Waals surface area contributed by atoms with Crippen molar-refractivity contribution >= 4 is 0 Å². The van der Waals surface area contributed by atoms with E-state index >= 15 is 0 Å². The number of hydrogen-bond donors (Lipinski definition) is 1. The minimum absolute atomic E-state index is 0.390. The Morgan fingerprint density at radius 2 is 2.00 bits per heavy atom. The van der Waals surface area contributed by atoms with Crippen LogP contribution in [0.4, 0.5) is 0 Å². The summed E-state index contributed by atoms with van der Waals surface area (Å²) in [5, 5.41) is 3.39. The largest absolute Gasteiger partial charge is 0.497 e. The average molecular weight is 250 g/mol. The molecule has 1 atom stereocenters. The maximum Gasteiger partial charge on any atom is 0.119 e. The SMILES string of the molecule is CCN(CC)CCC(NC)c1cccc(OC)c1. The molecule has 0 aromatic heterocycles. The third-order valence-corrected chi connectivity index (χ3v) is 3.47. The maximum atomic E-state index is 5.28. The van der Waals surface area contributed by atoms with E-state index in [-0.39, 0.29) is 0 Å². The minimum Gasteiger partial charge on any atom is -0.497 e. The van der Waals surface area contributed by atoms with E-state index in [0.29, 0.717) is 6.04 Å². The molecule has 0 bridgehead atoms. The summed E-state index contributed by atoms with van der Waals surface area (Å²) >= 11 is 0. The number of nitrogens with zero attached hydrogens (tertiary/aromatic N) is 1. The van der Waals surface area contributed by atoms with Crippen molar-refractivity contribution in [1.29, 1.82) is 0 Å². The molecule has 1 aromatic carbocycles. The van der Waals surface area contributed by atoms with Gasteiger partial charge in [-0.25, -0.2) is 0 Å². The number of methoxy groups -OCH3 is 1. The van der Waals surface area contributed by atoms with Gasteiger partial charge in [-0.1, -0.05) is 26.0 Å². The molecule has 0 saturated carbocycles. The Bertz CT molecular complexity index is 337. The van der Waals surface area contributed by atoms with Gasteiger partial charge in [-0.15, -0.1) is 0 Å². The number of benzene rings is 1. The summed E-state index contributed by atoms with van der Waals surface area (Å²) in [4.78, 5) is 2.45. The lowest BCUT2D eigenvalue weighted by atomic mass is 10.0. The van der Waals surface area contributed by atoms with Crippen molar-refractivity contribution in [2.24, 2.45) is 0 Å². The molecular weight excluding hydrogens is 224 g/mol. The summed E-state index contributed by atoms with van der Waals surface area (Å²) < 4.78 is 5.28. The van der Waals surface area contributed by atoms with Crippen LogP contribution in [0.1, 0.15) is 31.9 Å². The van der Waals surface area contributed by atoms with Gasteiger partial charge in [-0.2, -0.15) is 0 Å². The molecule has 0 radical (unpaired) electrons. The predicted octanol–water partition coefficient (Wildman–Crippen LogP) is 2.69. The molecule has 0 aliphatic rings. The molecule has 1 N–H and O–H groups in total. The molecule has 1 aromatic rings. The number of nitrogens with one attached hydrogen (secondary N) is 1. The zero-order valence-electron chi connectivity index (χ0n) is 12.1. The Labute approximate surface area is 111 Å². The monoisotopic (exact) mass is 250 g/mol. The van der Waals surface area contributed by atoms with Crippen molar-refractivity contribution in [2.45, 2.75) is 26.3 Å². The molecular formula is C15H26N2O. The van der Waals surface area contributed by atoms with Crippen LogP contribution in [-0.4, -0.2) is 38.7 Å². The number of hydrogen-bond acceptors (Lipinski definition) is 3. The zero-order valence-corrected chi connectivity index (χ0v) is 12.1. The van der Waals surface area contributed by atoms with Crippen molar-refractivity contribution in [3.05, 3.63) is 29.8 Å². The second kappa shape index (κ2) is 8.11. The molecule has 0 aliphatic heterocycles. The van der Waals surface area contributed by atoms with Crippen molar-refractivity contribution in [3.63, 3.8) is 0 Å². The summed E-state index contributed by atoms with van der Waals surface area (Å²) in [7, 11) is 3.73. The van der Waals surface area contributed by atoms with E-state index in [2.05, 4.69) is 42.3 Å². The Hall–Kier alpha value is -1.06. The number of ether oxygens (including phenoxy) is 1. The average Bonchev–Trinajstić information content (AvgIpc) is 2.44. The van der Waals surface area contributed by atoms with E-state index in [4.69, 9.17) is 4.74 Å². The van der Waals surface area contributed by atoms with E-state index < -0.39 is 0 Å². The topological polar surface area (TPSA) is 24.5 Å². The first kappa shape index (κ1) is 15.0. The Balaban J connectivity index is 2.64. The normalized spacial score (nSPS) is 12.7. The van der Waals surface area contributed by atoms with Crippen LogP contribution in [0.5, 0.6) is 5.75 Å². The van der Waals surface area contributed by atoms with Gasteiger partial charge in [-0.3, -0.25) is 0 Å². The van der Waals surface area contributed by atoms with E-state index in [0.717, 1.165) is 31.8 Å². The van der Waals surface area contributed by atoms with E-state index in [1.807, 2.05) is 13.1 Å². The van der Waals surface area contributed by atoms with Crippen molar-refractivity contribution in [2.75, 3.05) is 33.8 Å². The molecule has 0 amide bonds. The molecule has 0 saturated heterocycles. The second-order valence-corrected chi connectivity index (χ2v) is 4.43. The Morgan fingerprint density at radius 1 is 1.28 bits per heavy atom.